The smallest absolute Gasteiger partial charge is 0.338 e. The van der Waals surface area contributed by atoms with Gasteiger partial charge in [-0.1, -0.05) is 40.2 Å². The summed E-state index contributed by atoms with van der Waals surface area (Å²) in [6.45, 7) is 0.714. The van der Waals surface area contributed by atoms with Crippen molar-refractivity contribution in [1.82, 2.24) is 9.80 Å². The number of ether oxygens (including phenoxy) is 1. The minimum absolute atomic E-state index is 0.0971. The first-order chi connectivity index (χ1) is 17.3. The third-order valence-corrected chi connectivity index (χ3v) is 6.24. The van der Waals surface area contributed by atoms with Crippen molar-refractivity contribution in [2.75, 3.05) is 37.5 Å². The number of esters is 1. The Balaban J connectivity index is 2.32. The molecule has 36 heavy (non-hydrogen) atoms. The van der Waals surface area contributed by atoms with Crippen LogP contribution < -0.4 is 4.90 Å². The maximum Gasteiger partial charge on any atom is 0.338 e. The number of likely N-dealkylation sites (N-methyl/N-ethyl adjacent to an activating group) is 1. The van der Waals surface area contributed by atoms with Crippen molar-refractivity contribution in [2.24, 2.45) is 0 Å². The van der Waals surface area contributed by atoms with Crippen molar-refractivity contribution in [3.8, 4) is 6.07 Å². The molecule has 10 heteroatoms. The molecular formula is C26H26BrFN4O4. The summed E-state index contributed by atoms with van der Waals surface area (Å²) in [6.07, 6.45) is 0. The van der Waals surface area contributed by atoms with E-state index in [4.69, 9.17) is 4.74 Å². The van der Waals surface area contributed by atoms with Gasteiger partial charge < -0.3 is 14.5 Å². The van der Waals surface area contributed by atoms with Crippen molar-refractivity contribution >= 4 is 39.5 Å². The highest BCUT2D eigenvalue weighted by molar-refractivity contribution is 9.09. The molecule has 2 aromatic rings. The monoisotopic (exact) mass is 556 g/mol. The summed E-state index contributed by atoms with van der Waals surface area (Å²) in [4.78, 5) is 44.2. The summed E-state index contributed by atoms with van der Waals surface area (Å²) >= 11 is 3.42. The summed E-state index contributed by atoms with van der Waals surface area (Å²) in [5, 5.41) is 9.33. The van der Waals surface area contributed by atoms with Gasteiger partial charge in [-0.2, -0.15) is 5.26 Å². The lowest BCUT2D eigenvalue weighted by Crippen LogP contribution is -2.54. The number of benzene rings is 2. The van der Waals surface area contributed by atoms with Crippen molar-refractivity contribution in [2.45, 2.75) is 19.6 Å². The second kappa shape index (κ2) is 11.8. The number of nitriles is 1. The fourth-order valence-corrected chi connectivity index (χ4v) is 4.49. The predicted octanol–water partition coefficient (Wildman–Crippen LogP) is 4.31. The molecule has 1 atom stereocenters. The van der Waals surface area contributed by atoms with E-state index in [1.165, 1.54) is 20.8 Å². The number of allylic oxidation sites excluding steroid dienone is 1. The first kappa shape index (κ1) is 26.9. The molecule has 3 amide bonds. The van der Waals surface area contributed by atoms with Crippen LogP contribution in [0.25, 0.3) is 0 Å². The minimum Gasteiger partial charge on any atom is -0.463 e. The molecular weight excluding hydrogens is 531 g/mol. The molecule has 3 rings (SSSR count). The molecule has 0 bridgehead atoms. The Kier molecular flexibility index (Phi) is 8.83. The molecule has 0 fully saturated rings. The Hall–Kier alpha value is -3.71. The first-order valence-electron chi connectivity index (χ1n) is 11.2. The van der Waals surface area contributed by atoms with Crippen LogP contribution >= 0.6 is 15.9 Å². The quantitative estimate of drug-likeness (QED) is 0.356. The lowest BCUT2D eigenvalue weighted by atomic mass is 9.92. The van der Waals surface area contributed by atoms with Crippen LogP contribution in [0.4, 0.5) is 14.9 Å². The SMILES string of the molecule is CCOC(=O)C1=C(CBr)N(c2cccc(CF)c2)C(=O)N(CC(=O)N(C)C)[C@@H]1c1ccc(C#N)cc1. The van der Waals surface area contributed by atoms with E-state index in [-0.39, 0.29) is 30.0 Å². The number of rotatable bonds is 8. The van der Waals surface area contributed by atoms with Crippen LogP contribution in [-0.2, 0) is 21.0 Å². The summed E-state index contributed by atoms with van der Waals surface area (Å²) in [5.74, 6) is -1.01. The zero-order chi connectivity index (χ0) is 26.4. The molecule has 0 unspecified atom stereocenters. The Morgan fingerprint density at radius 3 is 2.44 bits per heavy atom. The Labute approximate surface area is 217 Å². The van der Waals surface area contributed by atoms with Gasteiger partial charge in [0, 0.05) is 19.4 Å². The molecule has 0 saturated carbocycles. The third kappa shape index (κ3) is 5.41. The van der Waals surface area contributed by atoms with E-state index >= 15 is 0 Å². The van der Waals surface area contributed by atoms with E-state index in [9.17, 15) is 24.0 Å². The van der Waals surface area contributed by atoms with Crippen LogP contribution in [0.1, 0.15) is 29.7 Å². The average Bonchev–Trinajstić information content (AvgIpc) is 2.89. The van der Waals surface area contributed by atoms with Gasteiger partial charge in [-0.25, -0.2) is 14.0 Å². The fourth-order valence-electron chi connectivity index (χ4n) is 3.94. The minimum atomic E-state index is -0.957. The van der Waals surface area contributed by atoms with E-state index in [1.807, 2.05) is 6.07 Å². The van der Waals surface area contributed by atoms with Gasteiger partial charge in [0.15, 0.2) is 0 Å². The molecule has 0 aromatic heterocycles. The van der Waals surface area contributed by atoms with Crippen LogP contribution in [0.3, 0.4) is 0 Å². The highest BCUT2D eigenvalue weighted by atomic mass is 79.9. The van der Waals surface area contributed by atoms with Crippen LogP contribution in [-0.4, -0.2) is 60.3 Å². The molecule has 0 spiro atoms. The number of urea groups is 1. The van der Waals surface area contributed by atoms with Gasteiger partial charge >= 0.3 is 12.0 Å². The summed E-state index contributed by atoms with van der Waals surface area (Å²) in [5.41, 5.74) is 2.13. The molecule has 1 aliphatic heterocycles. The average molecular weight is 557 g/mol. The number of hydrogen-bond donors (Lipinski definition) is 0. The third-order valence-electron chi connectivity index (χ3n) is 5.71. The van der Waals surface area contributed by atoms with Crippen molar-refractivity contribution < 1.29 is 23.5 Å². The van der Waals surface area contributed by atoms with Crippen molar-refractivity contribution in [3.63, 3.8) is 0 Å². The fraction of sp³-hybridized carbons (Fsp3) is 0.308. The van der Waals surface area contributed by atoms with E-state index < -0.39 is 24.7 Å². The molecule has 0 N–H and O–H groups in total. The van der Waals surface area contributed by atoms with Crippen molar-refractivity contribution in [1.29, 1.82) is 5.26 Å². The van der Waals surface area contributed by atoms with Gasteiger partial charge in [-0.15, -0.1) is 0 Å². The topological polar surface area (TPSA) is 93.9 Å². The molecule has 0 aliphatic carbocycles. The molecule has 8 nitrogen and oxygen atoms in total. The summed E-state index contributed by atoms with van der Waals surface area (Å²) in [6, 6.07) is 13.4. The number of carbonyl (C=O) groups excluding carboxylic acids is 3. The number of anilines is 1. The van der Waals surface area contributed by atoms with Crippen LogP contribution in [0.2, 0.25) is 0 Å². The maximum atomic E-state index is 14.0. The second-order valence-electron chi connectivity index (χ2n) is 8.19. The summed E-state index contributed by atoms with van der Waals surface area (Å²) in [7, 11) is 3.14. The Bertz CT molecular complexity index is 1220. The molecule has 188 valence electrons. The predicted molar refractivity (Wildman–Crippen MR) is 136 cm³/mol. The van der Waals surface area contributed by atoms with Crippen LogP contribution in [0.5, 0.6) is 0 Å². The van der Waals surface area contributed by atoms with Gasteiger partial charge in [0.25, 0.3) is 0 Å². The number of amides is 3. The second-order valence-corrected chi connectivity index (χ2v) is 8.75. The zero-order valence-corrected chi connectivity index (χ0v) is 21.8. The van der Waals surface area contributed by atoms with E-state index in [1.54, 1.807) is 63.5 Å². The highest BCUT2D eigenvalue weighted by Gasteiger charge is 2.44. The Morgan fingerprint density at radius 2 is 1.89 bits per heavy atom. The number of alkyl halides is 2. The zero-order valence-electron chi connectivity index (χ0n) is 20.2. The molecule has 2 aromatic carbocycles. The number of hydrogen-bond acceptors (Lipinski definition) is 5. The first-order valence-corrected chi connectivity index (χ1v) is 12.3. The van der Waals surface area contributed by atoms with Gasteiger partial charge in [0.1, 0.15) is 13.2 Å². The van der Waals surface area contributed by atoms with E-state index in [0.717, 1.165) is 0 Å². The summed E-state index contributed by atoms with van der Waals surface area (Å²) < 4.78 is 18.8. The van der Waals surface area contributed by atoms with Gasteiger partial charge in [-0.3, -0.25) is 9.69 Å². The number of halogens is 2. The standard InChI is InChI=1S/C26H26BrFN4O4/c1-4-36-25(34)23-21(13-27)32(20-7-5-6-18(12-20)14-28)26(35)31(16-22(33)30(2)3)24(23)19-10-8-17(15-29)9-11-19/h5-12,24H,4,13-14,16H2,1-3H3/t24-/m1/s1. The van der Waals surface area contributed by atoms with Crippen LogP contribution in [0.15, 0.2) is 59.8 Å². The lowest BCUT2D eigenvalue weighted by Gasteiger charge is -2.43. The molecule has 0 radical (unpaired) electrons. The molecule has 0 saturated heterocycles. The van der Waals surface area contributed by atoms with Gasteiger partial charge in [-0.05, 0) is 42.3 Å². The maximum absolute atomic E-state index is 14.0. The van der Waals surface area contributed by atoms with Gasteiger partial charge in [0.2, 0.25) is 5.91 Å². The Morgan fingerprint density at radius 1 is 1.19 bits per heavy atom. The van der Waals surface area contributed by atoms with Crippen molar-refractivity contribution in [3.05, 3.63) is 76.5 Å². The lowest BCUT2D eigenvalue weighted by molar-refractivity contribution is -0.140. The van der Waals surface area contributed by atoms with E-state index in [0.29, 0.717) is 28.1 Å². The van der Waals surface area contributed by atoms with Gasteiger partial charge in [0.05, 0.1) is 41.2 Å². The van der Waals surface area contributed by atoms with Crippen LogP contribution in [0, 0.1) is 11.3 Å². The molecule has 1 heterocycles. The highest BCUT2D eigenvalue weighted by Crippen LogP contribution is 2.41. The van der Waals surface area contributed by atoms with E-state index in [2.05, 4.69) is 15.9 Å². The largest absolute Gasteiger partial charge is 0.463 e. The normalized spacial score (nSPS) is 15.6. The number of nitrogens with zero attached hydrogens (tertiary/aromatic N) is 4. The molecule has 1 aliphatic rings. The number of carbonyl (C=O) groups is 3.